The summed E-state index contributed by atoms with van der Waals surface area (Å²) in [4.78, 5) is 0. The zero-order valence-electron chi connectivity index (χ0n) is 8.53. The van der Waals surface area contributed by atoms with Gasteiger partial charge in [0.25, 0.3) is 0 Å². The monoisotopic (exact) mass is 195 g/mol. The second kappa shape index (κ2) is 4.62. The molecule has 2 rings (SSSR count). The SMILES string of the molecule is COC1CCC(NCc2ccco2)C1. The summed E-state index contributed by atoms with van der Waals surface area (Å²) in [5.41, 5.74) is 0. The highest BCUT2D eigenvalue weighted by Crippen LogP contribution is 2.21. The minimum Gasteiger partial charge on any atom is -0.468 e. The normalized spacial score (nSPS) is 26.9. The van der Waals surface area contributed by atoms with Crippen LogP contribution in [0.15, 0.2) is 22.8 Å². The Balaban J connectivity index is 1.72. The van der Waals surface area contributed by atoms with Crippen LogP contribution in [0.25, 0.3) is 0 Å². The Bertz CT molecular complexity index is 258. The topological polar surface area (TPSA) is 34.4 Å². The lowest BCUT2D eigenvalue weighted by Crippen LogP contribution is -2.26. The minimum absolute atomic E-state index is 0.448. The third kappa shape index (κ3) is 2.36. The summed E-state index contributed by atoms with van der Waals surface area (Å²) >= 11 is 0. The van der Waals surface area contributed by atoms with Gasteiger partial charge in [-0.3, -0.25) is 0 Å². The molecule has 0 amide bonds. The van der Waals surface area contributed by atoms with Gasteiger partial charge in [-0.15, -0.1) is 0 Å². The van der Waals surface area contributed by atoms with Crippen LogP contribution < -0.4 is 5.32 Å². The molecule has 1 aromatic heterocycles. The van der Waals surface area contributed by atoms with Gasteiger partial charge >= 0.3 is 0 Å². The largest absolute Gasteiger partial charge is 0.468 e. The predicted molar refractivity (Wildman–Crippen MR) is 54.0 cm³/mol. The van der Waals surface area contributed by atoms with Crippen LogP contribution in [-0.2, 0) is 11.3 Å². The maximum absolute atomic E-state index is 5.31. The molecular weight excluding hydrogens is 178 g/mol. The van der Waals surface area contributed by atoms with E-state index < -0.39 is 0 Å². The zero-order valence-corrected chi connectivity index (χ0v) is 8.53. The van der Waals surface area contributed by atoms with E-state index in [9.17, 15) is 0 Å². The Kier molecular flexibility index (Phi) is 3.22. The average molecular weight is 195 g/mol. The molecule has 78 valence electrons. The van der Waals surface area contributed by atoms with Crippen molar-refractivity contribution >= 4 is 0 Å². The van der Waals surface area contributed by atoms with Crippen LogP contribution in [-0.4, -0.2) is 19.3 Å². The van der Waals surface area contributed by atoms with Gasteiger partial charge < -0.3 is 14.5 Å². The van der Waals surface area contributed by atoms with Gasteiger partial charge in [-0.1, -0.05) is 0 Å². The minimum atomic E-state index is 0.448. The van der Waals surface area contributed by atoms with Crippen molar-refractivity contribution in [2.45, 2.75) is 38.0 Å². The van der Waals surface area contributed by atoms with Crippen molar-refractivity contribution in [2.75, 3.05) is 7.11 Å². The van der Waals surface area contributed by atoms with Gasteiger partial charge in [-0.2, -0.15) is 0 Å². The molecular formula is C11H17NO2. The van der Waals surface area contributed by atoms with Crippen molar-refractivity contribution in [3.05, 3.63) is 24.2 Å². The third-order valence-electron chi connectivity index (χ3n) is 2.86. The highest BCUT2D eigenvalue weighted by atomic mass is 16.5. The fourth-order valence-electron chi connectivity index (χ4n) is 2.00. The highest BCUT2D eigenvalue weighted by molar-refractivity contribution is 4.98. The van der Waals surface area contributed by atoms with Crippen molar-refractivity contribution in [1.82, 2.24) is 5.32 Å². The van der Waals surface area contributed by atoms with Gasteiger partial charge in [-0.25, -0.2) is 0 Å². The second-order valence-electron chi connectivity index (χ2n) is 3.83. The predicted octanol–water partition coefficient (Wildman–Crippen LogP) is 1.94. The van der Waals surface area contributed by atoms with E-state index in [-0.39, 0.29) is 0 Å². The molecule has 1 fully saturated rings. The van der Waals surface area contributed by atoms with E-state index in [0.717, 1.165) is 18.7 Å². The number of nitrogens with one attached hydrogen (secondary N) is 1. The first kappa shape index (κ1) is 9.74. The summed E-state index contributed by atoms with van der Waals surface area (Å²) in [7, 11) is 1.79. The van der Waals surface area contributed by atoms with E-state index >= 15 is 0 Å². The number of rotatable bonds is 4. The standard InChI is InChI=1S/C11H17NO2/c1-13-10-5-4-9(7-10)12-8-11-3-2-6-14-11/h2-3,6,9-10,12H,4-5,7-8H2,1H3. The Labute approximate surface area is 84.4 Å². The number of hydrogen-bond donors (Lipinski definition) is 1. The van der Waals surface area contributed by atoms with Crippen LogP contribution in [0.1, 0.15) is 25.0 Å². The lowest BCUT2D eigenvalue weighted by molar-refractivity contribution is 0.107. The van der Waals surface area contributed by atoms with Crippen LogP contribution in [0, 0.1) is 0 Å². The quantitative estimate of drug-likeness (QED) is 0.797. The molecule has 0 bridgehead atoms. The molecule has 0 radical (unpaired) electrons. The van der Waals surface area contributed by atoms with E-state index in [1.165, 1.54) is 12.8 Å². The molecule has 1 heterocycles. The fraction of sp³-hybridized carbons (Fsp3) is 0.636. The van der Waals surface area contributed by atoms with Crippen LogP contribution in [0.2, 0.25) is 0 Å². The van der Waals surface area contributed by atoms with Gasteiger partial charge in [0.15, 0.2) is 0 Å². The van der Waals surface area contributed by atoms with E-state index in [0.29, 0.717) is 12.1 Å². The molecule has 0 saturated heterocycles. The maximum atomic E-state index is 5.31. The summed E-state index contributed by atoms with van der Waals surface area (Å²) in [6, 6.07) is 4.50. The fourth-order valence-corrected chi connectivity index (χ4v) is 2.00. The summed E-state index contributed by atoms with van der Waals surface area (Å²) in [5, 5.41) is 3.47. The van der Waals surface area contributed by atoms with Crippen LogP contribution in [0.3, 0.4) is 0 Å². The summed E-state index contributed by atoms with van der Waals surface area (Å²) in [5.74, 6) is 1.01. The highest BCUT2D eigenvalue weighted by Gasteiger charge is 2.23. The third-order valence-corrected chi connectivity index (χ3v) is 2.86. The van der Waals surface area contributed by atoms with Crippen LogP contribution >= 0.6 is 0 Å². The van der Waals surface area contributed by atoms with Gasteiger partial charge in [0.1, 0.15) is 5.76 Å². The molecule has 3 nitrogen and oxygen atoms in total. The Morgan fingerprint density at radius 1 is 1.57 bits per heavy atom. The first-order chi connectivity index (χ1) is 6.88. The Morgan fingerprint density at radius 2 is 2.50 bits per heavy atom. The molecule has 2 unspecified atom stereocenters. The molecule has 1 saturated carbocycles. The maximum Gasteiger partial charge on any atom is 0.117 e. The number of furan rings is 1. The molecule has 1 aliphatic carbocycles. The molecule has 0 spiro atoms. The summed E-state index contributed by atoms with van der Waals surface area (Å²) in [6.07, 6.45) is 5.66. The van der Waals surface area contributed by atoms with E-state index in [1.54, 1.807) is 13.4 Å². The lowest BCUT2D eigenvalue weighted by atomic mass is 10.2. The molecule has 1 N–H and O–H groups in total. The average Bonchev–Trinajstić information content (AvgIpc) is 2.86. The molecule has 1 aromatic rings. The van der Waals surface area contributed by atoms with Gasteiger partial charge in [0.05, 0.1) is 18.9 Å². The first-order valence-corrected chi connectivity index (χ1v) is 5.17. The van der Waals surface area contributed by atoms with Crippen molar-refractivity contribution in [3.63, 3.8) is 0 Å². The van der Waals surface area contributed by atoms with Crippen molar-refractivity contribution in [2.24, 2.45) is 0 Å². The summed E-state index contributed by atoms with van der Waals surface area (Å²) in [6.45, 7) is 0.827. The number of ether oxygens (including phenoxy) is 1. The van der Waals surface area contributed by atoms with E-state index in [4.69, 9.17) is 9.15 Å². The zero-order chi connectivity index (χ0) is 9.80. The molecule has 3 heteroatoms. The first-order valence-electron chi connectivity index (χ1n) is 5.17. The smallest absolute Gasteiger partial charge is 0.117 e. The number of methoxy groups -OCH3 is 1. The molecule has 0 aromatic carbocycles. The van der Waals surface area contributed by atoms with Gasteiger partial charge in [-0.05, 0) is 31.4 Å². The molecule has 0 aliphatic heterocycles. The summed E-state index contributed by atoms with van der Waals surface area (Å²) < 4.78 is 10.6. The Hall–Kier alpha value is -0.800. The molecule has 1 aliphatic rings. The van der Waals surface area contributed by atoms with Crippen molar-refractivity contribution in [3.8, 4) is 0 Å². The second-order valence-corrected chi connectivity index (χ2v) is 3.83. The van der Waals surface area contributed by atoms with E-state index in [2.05, 4.69) is 5.32 Å². The number of hydrogen-bond acceptors (Lipinski definition) is 3. The van der Waals surface area contributed by atoms with Gasteiger partial charge in [0, 0.05) is 13.2 Å². The van der Waals surface area contributed by atoms with Crippen molar-refractivity contribution in [1.29, 1.82) is 0 Å². The van der Waals surface area contributed by atoms with Crippen LogP contribution in [0.5, 0.6) is 0 Å². The van der Waals surface area contributed by atoms with Gasteiger partial charge in [0.2, 0.25) is 0 Å². The Morgan fingerprint density at radius 3 is 3.14 bits per heavy atom. The van der Waals surface area contributed by atoms with Crippen LogP contribution in [0.4, 0.5) is 0 Å². The molecule has 2 atom stereocenters. The van der Waals surface area contributed by atoms with E-state index in [1.807, 2.05) is 12.1 Å². The lowest BCUT2D eigenvalue weighted by Gasteiger charge is -2.11. The molecule has 14 heavy (non-hydrogen) atoms. The van der Waals surface area contributed by atoms with Crippen molar-refractivity contribution < 1.29 is 9.15 Å².